The number of hydrogen-bond donors (Lipinski definition) is 1. The monoisotopic (exact) mass is 538 g/mol. The number of carbonyl (C=O) groups is 2. The molecule has 0 saturated heterocycles. The summed E-state index contributed by atoms with van der Waals surface area (Å²) in [5.41, 5.74) is 0.370. The number of unbranched alkanes of at least 4 members (excludes halogenated alkanes) is 1. The van der Waals surface area contributed by atoms with E-state index in [0.29, 0.717) is 23.6 Å². The van der Waals surface area contributed by atoms with Crippen LogP contribution in [0.1, 0.15) is 38.7 Å². The van der Waals surface area contributed by atoms with Gasteiger partial charge in [0.1, 0.15) is 12.6 Å². The van der Waals surface area contributed by atoms with Gasteiger partial charge in [0, 0.05) is 30.2 Å². The van der Waals surface area contributed by atoms with Crippen molar-refractivity contribution in [3.05, 3.63) is 69.2 Å². The Morgan fingerprint density at radius 1 is 1.14 bits per heavy atom. The van der Waals surface area contributed by atoms with Gasteiger partial charge >= 0.3 is 0 Å². The summed E-state index contributed by atoms with van der Waals surface area (Å²) in [7, 11) is -3.99. The fraction of sp³-hybridized carbons (Fsp3) is 0.417. The summed E-state index contributed by atoms with van der Waals surface area (Å²) in [4.78, 5) is 38.4. The van der Waals surface area contributed by atoms with Crippen molar-refractivity contribution in [1.82, 2.24) is 10.2 Å². The van der Waals surface area contributed by atoms with Crippen LogP contribution in [0, 0.1) is 10.1 Å². The van der Waals surface area contributed by atoms with Gasteiger partial charge in [0.15, 0.2) is 0 Å². The smallest absolute Gasteiger partial charge is 0.271 e. The van der Waals surface area contributed by atoms with Crippen molar-refractivity contribution in [3.8, 4) is 0 Å². The molecular formula is C24H31ClN4O6S. The van der Waals surface area contributed by atoms with Crippen molar-refractivity contribution >= 4 is 44.8 Å². The first-order valence-corrected chi connectivity index (χ1v) is 13.7. The van der Waals surface area contributed by atoms with E-state index in [0.717, 1.165) is 29.5 Å². The number of nitro groups is 1. The Balaban J connectivity index is 2.43. The molecule has 0 aliphatic rings. The minimum Gasteiger partial charge on any atom is -0.354 e. The average Bonchev–Trinajstić information content (AvgIpc) is 2.83. The number of rotatable bonds is 13. The first kappa shape index (κ1) is 29.1. The van der Waals surface area contributed by atoms with Crippen LogP contribution in [0.2, 0.25) is 5.02 Å². The van der Waals surface area contributed by atoms with Crippen LogP contribution in [0.4, 0.5) is 11.4 Å². The Hall–Kier alpha value is -3.18. The number of sulfonamides is 1. The second-order valence-electron chi connectivity index (χ2n) is 8.26. The molecule has 1 N–H and O–H groups in total. The quantitative estimate of drug-likeness (QED) is 0.235. The highest BCUT2D eigenvalue weighted by molar-refractivity contribution is 7.92. The van der Waals surface area contributed by atoms with Crippen molar-refractivity contribution in [2.45, 2.75) is 45.7 Å². The summed E-state index contributed by atoms with van der Waals surface area (Å²) in [6.45, 7) is 3.63. The molecule has 1 atom stereocenters. The molecule has 10 nitrogen and oxygen atoms in total. The lowest BCUT2D eigenvalue weighted by Crippen LogP contribution is -2.52. The number of nitro benzene ring substituents is 1. The van der Waals surface area contributed by atoms with Gasteiger partial charge in [0.25, 0.3) is 5.69 Å². The third kappa shape index (κ3) is 8.20. The van der Waals surface area contributed by atoms with E-state index in [9.17, 15) is 28.1 Å². The predicted molar refractivity (Wildman–Crippen MR) is 139 cm³/mol. The molecule has 196 valence electrons. The lowest BCUT2D eigenvalue weighted by atomic mass is 10.1. The number of anilines is 1. The third-order valence-electron chi connectivity index (χ3n) is 5.49. The maximum absolute atomic E-state index is 13.6. The summed E-state index contributed by atoms with van der Waals surface area (Å²) in [6.07, 6.45) is 2.88. The topological polar surface area (TPSA) is 130 Å². The normalized spacial score (nSPS) is 12.0. The third-order valence-corrected chi connectivity index (χ3v) is 6.88. The number of amides is 2. The Morgan fingerprint density at radius 2 is 1.81 bits per heavy atom. The molecule has 0 radical (unpaired) electrons. The van der Waals surface area contributed by atoms with E-state index in [4.69, 9.17) is 11.6 Å². The molecule has 0 aromatic heterocycles. The molecule has 0 aliphatic heterocycles. The molecule has 2 amide bonds. The Bertz CT molecular complexity index is 1170. The summed E-state index contributed by atoms with van der Waals surface area (Å²) >= 11 is 5.98. The number of nitrogens with zero attached hydrogens (tertiary/aromatic N) is 3. The van der Waals surface area contributed by atoms with Crippen molar-refractivity contribution < 1.29 is 22.9 Å². The first-order valence-electron chi connectivity index (χ1n) is 11.5. The standard InChI is InChI=1S/C24H31ClN4O6S/c1-4-6-14-26-24(31)22(5-2)27(16-18-10-12-19(25)13-11-18)23(30)17-28(36(3,34)35)20-8-7-9-21(15-20)29(32)33/h7-13,15,22H,4-6,14,16-17H2,1-3H3,(H,26,31)/t22-/m0/s1. The van der Waals surface area contributed by atoms with Crippen molar-refractivity contribution in [2.24, 2.45) is 0 Å². The summed E-state index contributed by atoms with van der Waals surface area (Å²) in [5, 5.41) is 14.6. The summed E-state index contributed by atoms with van der Waals surface area (Å²) in [6, 6.07) is 11.0. The highest BCUT2D eigenvalue weighted by Gasteiger charge is 2.32. The van der Waals surface area contributed by atoms with E-state index in [1.165, 1.54) is 23.1 Å². The predicted octanol–water partition coefficient (Wildman–Crippen LogP) is 3.74. The zero-order valence-corrected chi connectivity index (χ0v) is 22.1. The number of carbonyl (C=O) groups excluding carboxylic acids is 2. The molecule has 2 rings (SSSR count). The van der Waals surface area contributed by atoms with E-state index >= 15 is 0 Å². The number of hydrogen-bond acceptors (Lipinski definition) is 6. The van der Waals surface area contributed by atoms with E-state index in [2.05, 4.69) is 5.32 Å². The number of nitrogens with one attached hydrogen (secondary N) is 1. The lowest BCUT2D eigenvalue weighted by Gasteiger charge is -2.32. The Labute approximate surface area is 216 Å². The SMILES string of the molecule is CCCCNC(=O)[C@H](CC)N(Cc1ccc(Cl)cc1)C(=O)CN(c1cccc([N+](=O)[O-])c1)S(C)(=O)=O. The van der Waals surface area contributed by atoms with Gasteiger partial charge in [-0.1, -0.05) is 50.1 Å². The van der Waals surface area contributed by atoms with Crippen LogP contribution >= 0.6 is 11.6 Å². The highest BCUT2D eigenvalue weighted by atomic mass is 35.5. The molecule has 2 aromatic rings. The molecule has 0 heterocycles. The van der Waals surface area contributed by atoms with Crippen molar-refractivity contribution in [3.63, 3.8) is 0 Å². The number of halogens is 1. The van der Waals surface area contributed by atoms with Crippen molar-refractivity contribution in [1.29, 1.82) is 0 Å². The summed E-state index contributed by atoms with van der Waals surface area (Å²) < 4.78 is 26.0. The Kier molecular flexibility index (Phi) is 10.7. The molecule has 0 saturated carbocycles. The minimum atomic E-state index is -3.99. The molecule has 0 unspecified atom stereocenters. The van der Waals surface area contributed by atoms with Crippen LogP contribution < -0.4 is 9.62 Å². The maximum Gasteiger partial charge on any atom is 0.271 e. The second-order valence-corrected chi connectivity index (χ2v) is 10.6. The molecule has 0 fully saturated rings. The summed E-state index contributed by atoms with van der Waals surface area (Å²) in [5.74, 6) is -0.964. The maximum atomic E-state index is 13.6. The van der Waals surface area contributed by atoms with Gasteiger partial charge in [0.2, 0.25) is 21.8 Å². The van der Waals surface area contributed by atoms with E-state index in [1.54, 1.807) is 31.2 Å². The van der Waals surface area contributed by atoms with Crippen LogP contribution in [-0.4, -0.2) is 55.4 Å². The van der Waals surface area contributed by atoms with Gasteiger partial charge in [-0.3, -0.25) is 24.0 Å². The molecule has 36 heavy (non-hydrogen) atoms. The van der Waals surface area contributed by atoms with Crippen LogP contribution in [0.5, 0.6) is 0 Å². The molecular weight excluding hydrogens is 508 g/mol. The van der Waals surface area contributed by atoms with Gasteiger partial charge in [-0.05, 0) is 36.6 Å². The van der Waals surface area contributed by atoms with Crippen molar-refractivity contribution in [2.75, 3.05) is 23.7 Å². The zero-order chi connectivity index (χ0) is 26.9. The minimum absolute atomic E-state index is 0.0214. The molecule has 0 aliphatic carbocycles. The Morgan fingerprint density at radius 3 is 2.36 bits per heavy atom. The van der Waals surface area contributed by atoms with E-state index < -0.39 is 33.4 Å². The molecule has 0 spiro atoms. The van der Waals surface area contributed by atoms with Gasteiger partial charge < -0.3 is 10.2 Å². The fourth-order valence-electron chi connectivity index (χ4n) is 3.59. The van der Waals surface area contributed by atoms with Gasteiger partial charge in [-0.2, -0.15) is 0 Å². The molecule has 0 bridgehead atoms. The van der Waals surface area contributed by atoms with Gasteiger partial charge in [-0.15, -0.1) is 0 Å². The largest absolute Gasteiger partial charge is 0.354 e. The van der Waals surface area contributed by atoms with E-state index in [1.807, 2.05) is 6.92 Å². The zero-order valence-electron chi connectivity index (χ0n) is 20.5. The van der Waals surface area contributed by atoms with Gasteiger partial charge in [0.05, 0.1) is 16.9 Å². The lowest BCUT2D eigenvalue weighted by molar-refractivity contribution is -0.384. The second kappa shape index (κ2) is 13.2. The van der Waals surface area contributed by atoms with Gasteiger partial charge in [-0.25, -0.2) is 8.42 Å². The van der Waals surface area contributed by atoms with Crippen LogP contribution in [0.3, 0.4) is 0 Å². The average molecular weight is 539 g/mol. The van der Waals surface area contributed by atoms with E-state index in [-0.39, 0.29) is 23.8 Å². The first-order chi connectivity index (χ1) is 17.0. The van der Waals surface area contributed by atoms with Crippen LogP contribution in [0.25, 0.3) is 0 Å². The molecule has 12 heteroatoms. The van der Waals surface area contributed by atoms with Crippen LogP contribution in [-0.2, 0) is 26.2 Å². The number of benzene rings is 2. The van der Waals surface area contributed by atoms with Crippen LogP contribution in [0.15, 0.2) is 48.5 Å². The highest BCUT2D eigenvalue weighted by Crippen LogP contribution is 2.24. The molecule has 2 aromatic carbocycles. The fourth-order valence-corrected chi connectivity index (χ4v) is 4.56. The number of non-ortho nitro benzene ring substituents is 1.